The number of carbonyl (C=O) groups is 3. The van der Waals surface area contributed by atoms with Crippen molar-refractivity contribution in [2.24, 2.45) is 0 Å². The number of nitrogens with zero attached hydrogens (tertiary/aromatic N) is 1. The third-order valence-electron chi connectivity index (χ3n) is 4.41. The number of rotatable bonds is 4. The Kier molecular flexibility index (Phi) is 5.54. The summed E-state index contributed by atoms with van der Waals surface area (Å²) < 4.78 is 5.24. The molecule has 1 fully saturated rings. The standard InChI is InChI=1S/C21H22N2O4/c1-14-10-15(2)12-17(11-14)22-20(25)18-8-9-19(24)23(18)21(26)27-13-16-6-4-3-5-7-16/h3-7,10-12,18H,8-9,13H2,1-2H3,(H,22,25)/t18-/m1/s1. The predicted octanol–water partition coefficient (Wildman–Crippen LogP) is 3.57. The molecule has 6 nitrogen and oxygen atoms in total. The first-order valence-corrected chi connectivity index (χ1v) is 8.86. The zero-order chi connectivity index (χ0) is 19.4. The van der Waals surface area contributed by atoms with Gasteiger partial charge in [0.2, 0.25) is 11.8 Å². The number of ether oxygens (including phenoxy) is 1. The molecule has 0 aromatic heterocycles. The molecule has 140 valence electrons. The quantitative estimate of drug-likeness (QED) is 0.897. The number of nitrogens with one attached hydrogen (secondary N) is 1. The van der Waals surface area contributed by atoms with Crippen LogP contribution >= 0.6 is 0 Å². The summed E-state index contributed by atoms with van der Waals surface area (Å²) in [5.41, 5.74) is 3.50. The second kappa shape index (κ2) is 8.03. The summed E-state index contributed by atoms with van der Waals surface area (Å²) in [7, 11) is 0. The molecule has 1 N–H and O–H groups in total. The van der Waals surface area contributed by atoms with Crippen LogP contribution in [0.25, 0.3) is 0 Å². The van der Waals surface area contributed by atoms with Gasteiger partial charge in [-0.25, -0.2) is 9.69 Å². The molecule has 3 amide bonds. The van der Waals surface area contributed by atoms with Crippen molar-refractivity contribution in [2.45, 2.75) is 39.3 Å². The lowest BCUT2D eigenvalue weighted by Gasteiger charge is -2.22. The minimum Gasteiger partial charge on any atom is -0.444 e. The lowest BCUT2D eigenvalue weighted by Crippen LogP contribution is -2.45. The molecule has 6 heteroatoms. The van der Waals surface area contributed by atoms with Gasteiger partial charge in [-0.15, -0.1) is 0 Å². The van der Waals surface area contributed by atoms with Gasteiger partial charge in [0.05, 0.1) is 0 Å². The monoisotopic (exact) mass is 366 g/mol. The SMILES string of the molecule is Cc1cc(C)cc(NC(=O)[C@H]2CCC(=O)N2C(=O)OCc2ccccc2)c1. The van der Waals surface area contributed by atoms with E-state index in [9.17, 15) is 14.4 Å². The van der Waals surface area contributed by atoms with Gasteiger partial charge in [0.1, 0.15) is 12.6 Å². The summed E-state index contributed by atoms with van der Waals surface area (Å²) in [6, 6.07) is 14.0. The number of anilines is 1. The van der Waals surface area contributed by atoms with Crippen molar-refractivity contribution in [1.82, 2.24) is 4.90 Å². The number of amides is 3. The van der Waals surface area contributed by atoms with Crippen molar-refractivity contribution in [3.63, 3.8) is 0 Å². The Morgan fingerprint density at radius 2 is 1.78 bits per heavy atom. The number of aryl methyl sites for hydroxylation is 2. The third kappa shape index (κ3) is 4.53. The molecule has 2 aromatic rings. The minimum absolute atomic E-state index is 0.0505. The zero-order valence-corrected chi connectivity index (χ0v) is 15.4. The van der Waals surface area contributed by atoms with E-state index in [0.29, 0.717) is 5.69 Å². The lowest BCUT2D eigenvalue weighted by atomic mass is 10.1. The number of hydrogen-bond donors (Lipinski definition) is 1. The first-order chi connectivity index (χ1) is 12.9. The van der Waals surface area contributed by atoms with Crippen molar-refractivity contribution in [2.75, 3.05) is 5.32 Å². The number of benzene rings is 2. The number of hydrogen-bond acceptors (Lipinski definition) is 4. The van der Waals surface area contributed by atoms with Gasteiger partial charge in [-0.2, -0.15) is 0 Å². The molecule has 0 aliphatic carbocycles. The summed E-state index contributed by atoms with van der Waals surface area (Å²) >= 11 is 0. The molecule has 1 heterocycles. The molecule has 0 unspecified atom stereocenters. The molecule has 0 bridgehead atoms. The summed E-state index contributed by atoms with van der Waals surface area (Å²) in [4.78, 5) is 38.1. The highest BCUT2D eigenvalue weighted by atomic mass is 16.6. The van der Waals surface area contributed by atoms with Gasteiger partial charge in [-0.1, -0.05) is 36.4 Å². The van der Waals surface area contributed by atoms with E-state index in [1.165, 1.54) is 0 Å². The molecular formula is C21H22N2O4. The lowest BCUT2D eigenvalue weighted by molar-refractivity contribution is -0.131. The van der Waals surface area contributed by atoms with E-state index in [-0.39, 0.29) is 25.4 Å². The molecule has 1 saturated heterocycles. The Labute approximate surface area is 158 Å². The normalized spacial score (nSPS) is 16.3. The van der Waals surface area contributed by atoms with Crippen molar-refractivity contribution < 1.29 is 19.1 Å². The summed E-state index contributed by atoms with van der Waals surface area (Å²) in [5, 5.41) is 2.80. The average molecular weight is 366 g/mol. The molecular weight excluding hydrogens is 344 g/mol. The molecule has 3 rings (SSSR count). The van der Waals surface area contributed by atoms with E-state index in [1.54, 1.807) is 0 Å². The van der Waals surface area contributed by atoms with Crippen LogP contribution in [0.4, 0.5) is 10.5 Å². The fraction of sp³-hybridized carbons (Fsp3) is 0.286. The van der Waals surface area contributed by atoms with Gasteiger partial charge in [0, 0.05) is 12.1 Å². The summed E-state index contributed by atoms with van der Waals surface area (Å²) in [5.74, 6) is -0.781. The Hall–Kier alpha value is -3.15. The zero-order valence-electron chi connectivity index (χ0n) is 15.4. The number of carbonyl (C=O) groups excluding carboxylic acids is 3. The molecule has 1 aliphatic rings. The second-order valence-electron chi connectivity index (χ2n) is 6.72. The first-order valence-electron chi connectivity index (χ1n) is 8.86. The van der Waals surface area contributed by atoms with E-state index in [0.717, 1.165) is 21.6 Å². The smallest absolute Gasteiger partial charge is 0.417 e. The fourth-order valence-corrected chi connectivity index (χ4v) is 3.22. The predicted molar refractivity (Wildman–Crippen MR) is 101 cm³/mol. The Balaban J connectivity index is 1.67. The van der Waals surface area contributed by atoms with Gasteiger partial charge in [-0.05, 0) is 49.1 Å². The maximum Gasteiger partial charge on any atom is 0.417 e. The van der Waals surface area contributed by atoms with Crippen LogP contribution in [0.1, 0.15) is 29.5 Å². The van der Waals surface area contributed by atoms with E-state index in [1.807, 2.05) is 62.4 Å². The molecule has 0 spiro atoms. The van der Waals surface area contributed by atoms with Gasteiger partial charge in [-0.3, -0.25) is 9.59 Å². The molecule has 2 aromatic carbocycles. The van der Waals surface area contributed by atoms with E-state index in [4.69, 9.17) is 4.74 Å². The van der Waals surface area contributed by atoms with Crippen molar-refractivity contribution in [1.29, 1.82) is 0 Å². The maximum absolute atomic E-state index is 12.7. The van der Waals surface area contributed by atoms with E-state index >= 15 is 0 Å². The second-order valence-corrected chi connectivity index (χ2v) is 6.72. The minimum atomic E-state index is -0.860. The van der Waals surface area contributed by atoms with Gasteiger partial charge < -0.3 is 10.1 Å². The van der Waals surface area contributed by atoms with Crippen LogP contribution in [0.15, 0.2) is 48.5 Å². The maximum atomic E-state index is 12.7. The van der Waals surface area contributed by atoms with Crippen LogP contribution in [-0.4, -0.2) is 28.8 Å². The Bertz CT molecular complexity index is 843. The highest BCUT2D eigenvalue weighted by Crippen LogP contribution is 2.23. The Morgan fingerprint density at radius 3 is 2.44 bits per heavy atom. The van der Waals surface area contributed by atoms with E-state index in [2.05, 4.69) is 5.32 Å². The topological polar surface area (TPSA) is 75.7 Å². The third-order valence-corrected chi connectivity index (χ3v) is 4.41. The van der Waals surface area contributed by atoms with Crippen LogP contribution in [0, 0.1) is 13.8 Å². The van der Waals surface area contributed by atoms with Crippen LogP contribution in [0.3, 0.4) is 0 Å². The van der Waals surface area contributed by atoms with Gasteiger partial charge in [0.15, 0.2) is 0 Å². The average Bonchev–Trinajstić information content (AvgIpc) is 3.01. The van der Waals surface area contributed by atoms with Crippen molar-refractivity contribution in [3.05, 3.63) is 65.2 Å². The van der Waals surface area contributed by atoms with Crippen molar-refractivity contribution in [3.8, 4) is 0 Å². The van der Waals surface area contributed by atoms with E-state index < -0.39 is 18.0 Å². The van der Waals surface area contributed by atoms with Crippen LogP contribution < -0.4 is 5.32 Å². The molecule has 27 heavy (non-hydrogen) atoms. The molecule has 1 aliphatic heterocycles. The summed E-state index contributed by atoms with van der Waals surface area (Å²) in [6.45, 7) is 3.93. The number of imide groups is 1. The van der Waals surface area contributed by atoms with Crippen molar-refractivity contribution >= 4 is 23.6 Å². The molecule has 0 saturated carbocycles. The first kappa shape index (κ1) is 18.6. The largest absolute Gasteiger partial charge is 0.444 e. The van der Waals surface area contributed by atoms with Crippen LogP contribution in [0.5, 0.6) is 0 Å². The van der Waals surface area contributed by atoms with Crippen LogP contribution in [-0.2, 0) is 20.9 Å². The molecule has 0 radical (unpaired) electrons. The summed E-state index contributed by atoms with van der Waals surface area (Å²) in [6.07, 6.45) is -0.358. The molecule has 1 atom stereocenters. The van der Waals surface area contributed by atoms with Gasteiger partial charge in [0.25, 0.3) is 0 Å². The number of likely N-dealkylation sites (tertiary alicyclic amines) is 1. The van der Waals surface area contributed by atoms with Crippen LogP contribution in [0.2, 0.25) is 0 Å². The fourth-order valence-electron chi connectivity index (χ4n) is 3.22. The highest BCUT2D eigenvalue weighted by molar-refractivity contribution is 6.04. The van der Waals surface area contributed by atoms with Gasteiger partial charge >= 0.3 is 6.09 Å². The Morgan fingerprint density at radius 1 is 1.11 bits per heavy atom. The highest BCUT2D eigenvalue weighted by Gasteiger charge is 2.41.